The van der Waals surface area contributed by atoms with Crippen molar-refractivity contribution in [3.05, 3.63) is 0 Å². The van der Waals surface area contributed by atoms with E-state index in [4.69, 9.17) is 10.8 Å². The van der Waals surface area contributed by atoms with Crippen LogP contribution in [0.15, 0.2) is 0 Å². The lowest BCUT2D eigenvalue weighted by molar-refractivity contribution is -0.132. The van der Waals surface area contributed by atoms with Gasteiger partial charge in [-0.3, -0.25) is 4.79 Å². The van der Waals surface area contributed by atoms with Gasteiger partial charge in [-0.1, -0.05) is 26.2 Å². The van der Waals surface area contributed by atoms with Crippen LogP contribution < -0.4 is 11.1 Å². The Hall–Kier alpha value is -0.610. The zero-order valence-corrected chi connectivity index (χ0v) is 10.9. The molecule has 100 valence electrons. The summed E-state index contributed by atoms with van der Waals surface area (Å²) in [6.07, 6.45) is 6.01. The molecule has 0 aromatic rings. The summed E-state index contributed by atoms with van der Waals surface area (Å²) in [5, 5.41) is 11.8. The van der Waals surface area contributed by atoms with Gasteiger partial charge in [-0.05, 0) is 25.2 Å². The molecule has 17 heavy (non-hydrogen) atoms. The first-order valence-electron chi connectivity index (χ1n) is 6.74. The molecule has 0 aromatic carbocycles. The highest BCUT2D eigenvalue weighted by Crippen LogP contribution is 2.35. The van der Waals surface area contributed by atoms with Crippen molar-refractivity contribution in [2.45, 2.75) is 45.4 Å². The lowest BCUT2D eigenvalue weighted by Gasteiger charge is -2.35. The molecule has 0 aliphatic heterocycles. The molecule has 1 aliphatic rings. The molecule has 1 unspecified atom stereocenters. The van der Waals surface area contributed by atoms with Gasteiger partial charge < -0.3 is 16.2 Å². The van der Waals surface area contributed by atoms with Gasteiger partial charge in [0.2, 0.25) is 5.91 Å². The highest BCUT2D eigenvalue weighted by Gasteiger charge is 2.37. The van der Waals surface area contributed by atoms with Crippen molar-refractivity contribution in [1.29, 1.82) is 0 Å². The third-order valence-corrected chi connectivity index (χ3v) is 3.92. The molecule has 1 aliphatic carbocycles. The van der Waals surface area contributed by atoms with Crippen LogP contribution in [0.4, 0.5) is 0 Å². The van der Waals surface area contributed by atoms with Crippen LogP contribution in [-0.2, 0) is 4.79 Å². The number of aliphatic hydroxyl groups is 1. The van der Waals surface area contributed by atoms with Gasteiger partial charge in [0, 0.05) is 19.7 Å². The van der Waals surface area contributed by atoms with Gasteiger partial charge in [0.15, 0.2) is 0 Å². The standard InChI is InChI=1S/C13H26N2O2/c1-11(5-8-16)9-15-12(17)13(10-14)6-3-2-4-7-13/h11,16H,2-10,14H2,1H3,(H,15,17). The molecule has 4 heteroatoms. The summed E-state index contributed by atoms with van der Waals surface area (Å²) < 4.78 is 0. The fourth-order valence-corrected chi connectivity index (χ4v) is 2.53. The molecule has 1 rings (SSSR count). The van der Waals surface area contributed by atoms with E-state index in [2.05, 4.69) is 5.32 Å². The predicted molar refractivity (Wildman–Crippen MR) is 68.4 cm³/mol. The van der Waals surface area contributed by atoms with Gasteiger partial charge in [0.25, 0.3) is 0 Å². The minimum Gasteiger partial charge on any atom is -0.396 e. The second-order valence-corrected chi connectivity index (χ2v) is 5.37. The van der Waals surface area contributed by atoms with Gasteiger partial charge >= 0.3 is 0 Å². The zero-order chi connectivity index (χ0) is 12.7. The van der Waals surface area contributed by atoms with Crippen molar-refractivity contribution in [2.24, 2.45) is 17.1 Å². The Morgan fingerprint density at radius 1 is 1.41 bits per heavy atom. The van der Waals surface area contributed by atoms with Crippen molar-refractivity contribution in [3.8, 4) is 0 Å². The maximum absolute atomic E-state index is 12.2. The first-order valence-corrected chi connectivity index (χ1v) is 6.74. The maximum atomic E-state index is 12.2. The maximum Gasteiger partial charge on any atom is 0.227 e. The lowest BCUT2D eigenvalue weighted by Crippen LogP contribution is -2.48. The fraction of sp³-hybridized carbons (Fsp3) is 0.923. The van der Waals surface area contributed by atoms with Crippen molar-refractivity contribution in [2.75, 3.05) is 19.7 Å². The van der Waals surface area contributed by atoms with Crippen molar-refractivity contribution < 1.29 is 9.90 Å². The molecule has 4 N–H and O–H groups in total. The van der Waals surface area contributed by atoms with Gasteiger partial charge in [0.1, 0.15) is 0 Å². The molecule has 0 radical (unpaired) electrons. The Bertz CT molecular complexity index is 238. The zero-order valence-electron chi connectivity index (χ0n) is 10.9. The summed E-state index contributed by atoms with van der Waals surface area (Å²) in [4.78, 5) is 12.2. The number of rotatable bonds is 6. The van der Waals surface area contributed by atoms with Crippen LogP contribution in [0.5, 0.6) is 0 Å². The first-order chi connectivity index (χ1) is 8.14. The monoisotopic (exact) mass is 242 g/mol. The first kappa shape index (κ1) is 14.5. The number of hydrogen-bond acceptors (Lipinski definition) is 3. The minimum absolute atomic E-state index is 0.115. The predicted octanol–water partition coefficient (Wildman–Crippen LogP) is 1.03. The molecule has 0 aromatic heterocycles. The number of nitrogens with two attached hydrogens (primary N) is 1. The summed E-state index contributed by atoms with van der Waals surface area (Å²) in [6, 6.07) is 0. The molecule has 0 heterocycles. The highest BCUT2D eigenvalue weighted by atomic mass is 16.3. The number of amides is 1. The Balaban J connectivity index is 2.43. The highest BCUT2D eigenvalue weighted by molar-refractivity contribution is 5.83. The molecule has 1 amide bonds. The second-order valence-electron chi connectivity index (χ2n) is 5.37. The van der Waals surface area contributed by atoms with Crippen LogP contribution in [0, 0.1) is 11.3 Å². The smallest absolute Gasteiger partial charge is 0.227 e. The lowest BCUT2D eigenvalue weighted by atomic mass is 9.73. The van der Waals surface area contributed by atoms with Crippen LogP contribution in [0.1, 0.15) is 45.4 Å². The van der Waals surface area contributed by atoms with Crippen LogP contribution in [-0.4, -0.2) is 30.7 Å². The van der Waals surface area contributed by atoms with Crippen LogP contribution >= 0.6 is 0 Å². The molecule has 0 saturated heterocycles. The number of carbonyl (C=O) groups excluding carboxylic acids is 1. The van der Waals surface area contributed by atoms with Gasteiger partial charge in [-0.15, -0.1) is 0 Å². The van der Waals surface area contributed by atoms with Crippen LogP contribution in [0.3, 0.4) is 0 Å². The van der Waals surface area contributed by atoms with Crippen LogP contribution in [0.2, 0.25) is 0 Å². The number of nitrogens with one attached hydrogen (secondary N) is 1. The minimum atomic E-state index is -0.322. The normalized spacial score (nSPS) is 20.9. The third-order valence-electron chi connectivity index (χ3n) is 3.92. The Morgan fingerprint density at radius 3 is 2.59 bits per heavy atom. The van der Waals surface area contributed by atoms with E-state index in [1.165, 1.54) is 6.42 Å². The summed E-state index contributed by atoms with van der Waals surface area (Å²) in [6.45, 7) is 3.31. The van der Waals surface area contributed by atoms with E-state index in [0.29, 0.717) is 19.0 Å². The van der Waals surface area contributed by atoms with Gasteiger partial charge in [-0.25, -0.2) is 0 Å². The average Bonchev–Trinajstić information content (AvgIpc) is 2.37. The molecular weight excluding hydrogens is 216 g/mol. The van der Waals surface area contributed by atoms with Crippen LogP contribution in [0.25, 0.3) is 0 Å². The molecular formula is C13H26N2O2. The summed E-state index contributed by atoms with van der Waals surface area (Å²) in [5.74, 6) is 0.437. The topological polar surface area (TPSA) is 75.3 Å². The number of aliphatic hydroxyl groups excluding tert-OH is 1. The summed E-state index contributed by atoms with van der Waals surface area (Å²) >= 11 is 0. The Morgan fingerprint density at radius 2 is 2.06 bits per heavy atom. The van der Waals surface area contributed by atoms with Crippen molar-refractivity contribution in [1.82, 2.24) is 5.32 Å². The quantitative estimate of drug-likeness (QED) is 0.651. The summed E-state index contributed by atoms with van der Waals surface area (Å²) in [7, 11) is 0. The molecule has 0 spiro atoms. The SMILES string of the molecule is CC(CCO)CNC(=O)C1(CN)CCCCC1. The Labute approximate surface area is 104 Å². The van der Waals surface area contributed by atoms with E-state index in [9.17, 15) is 4.79 Å². The largest absolute Gasteiger partial charge is 0.396 e. The van der Waals surface area contributed by atoms with Crippen molar-refractivity contribution >= 4 is 5.91 Å². The number of hydrogen-bond donors (Lipinski definition) is 3. The van der Waals surface area contributed by atoms with Gasteiger partial charge in [-0.2, -0.15) is 0 Å². The molecule has 1 atom stereocenters. The van der Waals surface area contributed by atoms with E-state index in [1.54, 1.807) is 0 Å². The van der Waals surface area contributed by atoms with E-state index in [1.807, 2.05) is 6.92 Å². The van der Waals surface area contributed by atoms with E-state index >= 15 is 0 Å². The van der Waals surface area contributed by atoms with E-state index in [0.717, 1.165) is 32.1 Å². The molecule has 1 fully saturated rings. The molecule has 1 saturated carbocycles. The third kappa shape index (κ3) is 3.96. The molecule has 4 nitrogen and oxygen atoms in total. The number of carbonyl (C=O) groups is 1. The van der Waals surface area contributed by atoms with Crippen molar-refractivity contribution in [3.63, 3.8) is 0 Å². The van der Waals surface area contributed by atoms with E-state index in [-0.39, 0.29) is 17.9 Å². The summed E-state index contributed by atoms with van der Waals surface area (Å²) in [5.41, 5.74) is 5.48. The average molecular weight is 242 g/mol. The Kier molecular flexibility index (Phi) is 5.92. The molecule has 0 bridgehead atoms. The van der Waals surface area contributed by atoms with E-state index < -0.39 is 0 Å². The van der Waals surface area contributed by atoms with Gasteiger partial charge in [0.05, 0.1) is 5.41 Å². The fourth-order valence-electron chi connectivity index (χ4n) is 2.53. The second kappa shape index (κ2) is 6.97.